The van der Waals surface area contributed by atoms with Gasteiger partial charge < -0.3 is 14.5 Å². The number of rotatable bonds is 3. The van der Waals surface area contributed by atoms with Gasteiger partial charge in [-0.2, -0.15) is 0 Å². The van der Waals surface area contributed by atoms with E-state index in [1.165, 1.54) is 0 Å². The zero-order valence-corrected chi connectivity index (χ0v) is 13.1. The molecule has 0 saturated heterocycles. The number of hydrogen-bond donors (Lipinski definition) is 2. The zero-order valence-electron chi connectivity index (χ0n) is 13.1. The molecule has 0 spiro atoms. The molecule has 2 aromatic heterocycles. The minimum atomic E-state index is -0.940. The lowest BCUT2D eigenvalue weighted by atomic mass is 10.1. The minimum Gasteiger partial charge on any atom is -0.478 e. The van der Waals surface area contributed by atoms with Crippen LogP contribution in [-0.4, -0.2) is 16.1 Å². The molecule has 0 radical (unpaired) electrons. The number of benzene rings is 2. The van der Waals surface area contributed by atoms with Crippen LogP contribution in [-0.2, 0) is 0 Å². The van der Waals surface area contributed by atoms with Gasteiger partial charge in [0, 0.05) is 11.1 Å². The number of aromatic carboxylic acids is 1. The topological polar surface area (TPSA) is 66.2 Å². The number of furan rings is 1. The maximum absolute atomic E-state index is 10.9. The van der Waals surface area contributed by atoms with Gasteiger partial charge in [-0.3, -0.25) is 0 Å². The number of terminal acetylenes is 1. The van der Waals surface area contributed by atoms with Crippen LogP contribution in [0, 0.1) is 12.3 Å². The smallest absolute Gasteiger partial charge is 0.335 e. The number of H-pyrrole nitrogens is 1. The second-order valence-corrected chi connectivity index (χ2v) is 5.65. The summed E-state index contributed by atoms with van der Waals surface area (Å²) in [5.74, 6) is 2.39. The highest BCUT2D eigenvalue weighted by Gasteiger charge is 2.11. The van der Waals surface area contributed by atoms with E-state index < -0.39 is 5.97 Å². The van der Waals surface area contributed by atoms with E-state index in [9.17, 15) is 4.79 Å². The predicted molar refractivity (Wildman–Crippen MR) is 96.3 cm³/mol. The van der Waals surface area contributed by atoms with Gasteiger partial charge in [0.1, 0.15) is 5.58 Å². The minimum absolute atomic E-state index is 0.259. The third-order valence-corrected chi connectivity index (χ3v) is 4.09. The van der Waals surface area contributed by atoms with Gasteiger partial charge in [0.2, 0.25) is 0 Å². The summed E-state index contributed by atoms with van der Waals surface area (Å²) in [5.41, 5.74) is 4.29. The fourth-order valence-corrected chi connectivity index (χ4v) is 2.81. The van der Waals surface area contributed by atoms with E-state index in [0.29, 0.717) is 11.3 Å². The molecule has 2 heterocycles. The molecule has 0 aliphatic rings. The van der Waals surface area contributed by atoms with Crippen molar-refractivity contribution in [3.8, 4) is 35.1 Å². The first-order valence-electron chi connectivity index (χ1n) is 7.68. The van der Waals surface area contributed by atoms with Crippen molar-refractivity contribution in [3.05, 3.63) is 71.8 Å². The van der Waals surface area contributed by atoms with Crippen LogP contribution in [0.4, 0.5) is 0 Å². The first-order valence-corrected chi connectivity index (χ1v) is 7.68. The number of nitrogens with one attached hydrogen (secondary N) is 1. The third kappa shape index (κ3) is 2.58. The predicted octanol–water partition coefficient (Wildman–Crippen LogP) is 4.77. The lowest BCUT2D eigenvalue weighted by Gasteiger charge is -1.99. The Labute approximate surface area is 143 Å². The van der Waals surface area contributed by atoms with Crippen LogP contribution in [0.2, 0.25) is 0 Å². The fraction of sp³-hybridized carbons (Fsp3) is 0. The van der Waals surface area contributed by atoms with Crippen LogP contribution in [0.1, 0.15) is 15.9 Å². The number of aromatic amines is 1. The molecule has 2 aromatic carbocycles. The highest BCUT2D eigenvalue weighted by atomic mass is 16.4. The molecule has 4 heteroatoms. The monoisotopic (exact) mass is 327 g/mol. The number of carboxylic acid groups (broad SMARTS) is 1. The van der Waals surface area contributed by atoms with Crippen molar-refractivity contribution in [2.45, 2.75) is 0 Å². The van der Waals surface area contributed by atoms with Gasteiger partial charge in [-0.05, 0) is 42.0 Å². The van der Waals surface area contributed by atoms with Crippen LogP contribution in [0.15, 0.2) is 65.1 Å². The van der Waals surface area contributed by atoms with Crippen LogP contribution in [0.25, 0.3) is 33.7 Å². The molecule has 25 heavy (non-hydrogen) atoms. The highest BCUT2D eigenvalue weighted by molar-refractivity contribution is 5.89. The molecule has 0 aliphatic heterocycles. The molecule has 0 atom stereocenters. The van der Waals surface area contributed by atoms with Crippen molar-refractivity contribution in [1.29, 1.82) is 0 Å². The molecular weight excluding hydrogens is 314 g/mol. The molecule has 0 amide bonds. The maximum Gasteiger partial charge on any atom is 0.335 e. The second kappa shape index (κ2) is 5.73. The first-order chi connectivity index (χ1) is 12.2. The Morgan fingerprint density at radius 2 is 1.80 bits per heavy atom. The number of carbonyl (C=O) groups is 1. The summed E-state index contributed by atoms with van der Waals surface area (Å²) in [6.45, 7) is 0. The molecule has 0 aliphatic carbocycles. The summed E-state index contributed by atoms with van der Waals surface area (Å²) in [4.78, 5) is 14.2. The summed E-state index contributed by atoms with van der Waals surface area (Å²) in [5, 5.41) is 9.93. The van der Waals surface area contributed by atoms with E-state index in [2.05, 4.69) is 10.9 Å². The summed E-state index contributed by atoms with van der Waals surface area (Å²) in [6, 6.07) is 18.2. The summed E-state index contributed by atoms with van der Waals surface area (Å²) in [7, 11) is 0. The van der Waals surface area contributed by atoms with E-state index in [0.717, 1.165) is 27.9 Å². The Hall–Kier alpha value is -3.71. The van der Waals surface area contributed by atoms with Gasteiger partial charge in [0.25, 0.3) is 0 Å². The van der Waals surface area contributed by atoms with Crippen molar-refractivity contribution in [1.82, 2.24) is 4.98 Å². The van der Waals surface area contributed by atoms with Crippen LogP contribution in [0.5, 0.6) is 0 Å². The first kappa shape index (κ1) is 14.9. The van der Waals surface area contributed by atoms with Gasteiger partial charge in [-0.1, -0.05) is 30.2 Å². The third-order valence-electron chi connectivity index (χ3n) is 4.09. The number of hydrogen-bond acceptors (Lipinski definition) is 2. The quantitative estimate of drug-likeness (QED) is 0.532. The molecule has 0 fully saturated rings. The molecule has 4 aromatic rings. The largest absolute Gasteiger partial charge is 0.478 e. The van der Waals surface area contributed by atoms with E-state index in [1.54, 1.807) is 24.3 Å². The average Bonchev–Trinajstić information content (AvgIpc) is 3.28. The summed E-state index contributed by atoms with van der Waals surface area (Å²) in [6.07, 6.45) is 5.52. The number of para-hydroxylation sites is 1. The number of carboxylic acids is 1. The molecule has 2 N–H and O–H groups in total. The maximum atomic E-state index is 10.9. The molecule has 0 bridgehead atoms. The Bertz CT molecular complexity index is 1120. The Balaban J connectivity index is 1.72. The van der Waals surface area contributed by atoms with Crippen molar-refractivity contribution < 1.29 is 14.3 Å². The van der Waals surface area contributed by atoms with E-state index in [4.69, 9.17) is 15.9 Å². The summed E-state index contributed by atoms with van der Waals surface area (Å²) >= 11 is 0. The van der Waals surface area contributed by atoms with Gasteiger partial charge in [-0.15, -0.1) is 6.42 Å². The van der Waals surface area contributed by atoms with Gasteiger partial charge >= 0.3 is 5.97 Å². The van der Waals surface area contributed by atoms with Crippen LogP contribution >= 0.6 is 0 Å². The SMILES string of the molecule is C#Cc1cccc2cc(-c3ccc(-c4ccc(C(=O)O)cc4)[nH]3)oc12. The Morgan fingerprint density at radius 3 is 2.52 bits per heavy atom. The molecule has 0 saturated carbocycles. The molecule has 4 nitrogen and oxygen atoms in total. The van der Waals surface area contributed by atoms with Crippen molar-refractivity contribution >= 4 is 16.9 Å². The number of aromatic nitrogens is 1. The highest BCUT2D eigenvalue weighted by Crippen LogP contribution is 2.31. The normalized spacial score (nSPS) is 10.7. The van der Waals surface area contributed by atoms with Crippen molar-refractivity contribution in [2.75, 3.05) is 0 Å². The Kier molecular flexibility index (Phi) is 3.41. The lowest BCUT2D eigenvalue weighted by molar-refractivity contribution is 0.0697. The molecular formula is C21H13NO3. The lowest BCUT2D eigenvalue weighted by Crippen LogP contribution is -1.94. The van der Waals surface area contributed by atoms with Gasteiger partial charge in [-0.25, -0.2) is 4.79 Å². The molecule has 0 unspecified atom stereocenters. The fourth-order valence-electron chi connectivity index (χ4n) is 2.81. The van der Waals surface area contributed by atoms with E-state index in [-0.39, 0.29) is 5.56 Å². The average molecular weight is 327 g/mol. The second-order valence-electron chi connectivity index (χ2n) is 5.65. The number of fused-ring (bicyclic) bond motifs is 1. The van der Waals surface area contributed by atoms with Crippen LogP contribution in [0.3, 0.4) is 0 Å². The van der Waals surface area contributed by atoms with E-state index in [1.807, 2.05) is 36.4 Å². The van der Waals surface area contributed by atoms with Crippen molar-refractivity contribution in [3.63, 3.8) is 0 Å². The van der Waals surface area contributed by atoms with Crippen LogP contribution < -0.4 is 0 Å². The van der Waals surface area contributed by atoms with Crippen molar-refractivity contribution in [2.24, 2.45) is 0 Å². The zero-order chi connectivity index (χ0) is 17.4. The standard InChI is InChI=1S/C21H13NO3/c1-2-13-4-3-5-16-12-19(25-20(13)16)18-11-10-17(22-18)14-6-8-15(9-7-14)21(23)24/h1,3-12,22H,(H,23,24). The summed E-state index contributed by atoms with van der Waals surface area (Å²) < 4.78 is 5.92. The molecule has 4 rings (SSSR count). The van der Waals surface area contributed by atoms with Gasteiger partial charge in [0.15, 0.2) is 5.76 Å². The Morgan fingerprint density at radius 1 is 1.04 bits per heavy atom. The molecule has 120 valence electrons. The van der Waals surface area contributed by atoms with E-state index >= 15 is 0 Å². The van der Waals surface area contributed by atoms with Gasteiger partial charge in [0.05, 0.1) is 16.8 Å².